The summed E-state index contributed by atoms with van der Waals surface area (Å²) in [6.45, 7) is 5.64. The first-order chi connectivity index (χ1) is 8.25. The van der Waals surface area contributed by atoms with Crippen molar-refractivity contribution in [3.63, 3.8) is 0 Å². The highest BCUT2D eigenvalue weighted by Crippen LogP contribution is 2.17. The summed E-state index contributed by atoms with van der Waals surface area (Å²) >= 11 is 5.89. The lowest BCUT2D eigenvalue weighted by Crippen LogP contribution is -2.36. The summed E-state index contributed by atoms with van der Waals surface area (Å²) in [4.78, 5) is 0. The zero-order valence-corrected chi connectivity index (χ0v) is 12.4. The second-order valence-corrected chi connectivity index (χ2v) is 5.33. The lowest BCUT2D eigenvalue weighted by Gasteiger charge is -2.25. The van der Waals surface area contributed by atoms with Gasteiger partial charge in [-0.1, -0.05) is 23.7 Å². The Kier molecular flexibility index (Phi) is 7.02. The molecule has 0 spiro atoms. The fraction of sp³-hybridized carbons (Fsp3) is 0.571. The maximum atomic E-state index is 5.89. The Bertz CT molecular complexity index is 334. The van der Waals surface area contributed by atoms with Crippen LogP contribution in [0.15, 0.2) is 24.3 Å². The molecule has 4 heteroatoms. The Hall–Kier alpha value is -0.280. The lowest BCUT2D eigenvalue weighted by molar-refractivity contribution is 0.348. The third kappa shape index (κ3) is 4.77. The second kappa shape index (κ2) is 8.00. The van der Waals surface area contributed by atoms with Gasteiger partial charge >= 0.3 is 0 Å². The van der Waals surface area contributed by atoms with Crippen LogP contribution in [-0.4, -0.2) is 19.6 Å². The summed E-state index contributed by atoms with van der Waals surface area (Å²) in [7, 11) is 0. The van der Waals surface area contributed by atoms with Gasteiger partial charge in [0.25, 0.3) is 0 Å². The highest BCUT2D eigenvalue weighted by atomic mass is 35.5. The van der Waals surface area contributed by atoms with E-state index in [4.69, 9.17) is 11.6 Å². The van der Waals surface area contributed by atoms with Crippen molar-refractivity contribution >= 4 is 24.0 Å². The molecular formula is C14H22Cl2N2. The lowest BCUT2D eigenvalue weighted by atomic mass is 9.99. The fourth-order valence-electron chi connectivity index (χ4n) is 2.31. The maximum Gasteiger partial charge on any atom is 0.0406 e. The van der Waals surface area contributed by atoms with E-state index in [-0.39, 0.29) is 12.4 Å². The smallest absolute Gasteiger partial charge is 0.0406 e. The van der Waals surface area contributed by atoms with Crippen LogP contribution >= 0.6 is 24.0 Å². The summed E-state index contributed by atoms with van der Waals surface area (Å²) in [5, 5.41) is 7.86. The van der Waals surface area contributed by atoms with Crippen LogP contribution in [0.25, 0.3) is 0 Å². The molecule has 1 fully saturated rings. The molecule has 0 aliphatic carbocycles. The number of hydrogen-bond acceptors (Lipinski definition) is 2. The molecule has 102 valence electrons. The number of hydrogen-bond donors (Lipinski definition) is 2. The predicted octanol–water partition coefficient (Wildman–Crippen LogP) is 3.41. The van der Waals surface area contributed by atoms with Gasteiger partial charge in [0.2, 0.25) is 0 Å². The normalized spacial score (nSPS) is 21.1. The molecule has 0 aromatic heterocycles. The maximum absolute atomic E-state index is 5.89. The van der Waals surface area contributed by atoms with Gasteiger partial charge in [0.1, 0.15) is 0 Å². The van der Waals surface area contributed by atoms with Gasteiger partial charge in [-0.2, -0.15) is 0 Å². The molecule has 1 unspecified atom stereocenters. The number of halogens is 2. The monoisotopic (exact) mass is 288 g/mol. The summed E-state index contributed by atoms with van der Waals surface area (Å²) in [6, 6.07) is 8.50. The average Bonchev–Trinajstić information content (AvgIpc) is 2.38. The standard InChI is InChI=1S/C14H21ClN2.ClH/c1-11(13-4-6-14(15)7-5-13)17-10-12-3-2-8-16-9-12;/h4-7,11-12,16-17H,2-3,8-10H2,1H3;1H/t11-,12?;/m1./s1. The first kappa shape index (κ1) is 15.8. The van der Waals surface area contributed by atoms with Crippen LogP contribution in [0, 0.1) is 5.92 Å². The van der Waals surface area contributed by atoms with Gasteiger partial charge in [-0.15, -0.1) is 12.4 Å². The molecule has 0 saturated carbocycles. The van der Waals surface area contributed by atoms with Crippen molar-refractivity contribution < 1.29 is 0 Å². The van der Waals surface area contributed by atoms with Gasteiger partial charge < -0.3 is 10.6 Å². The Morgan fingerprint density at radius 1 is 1.39 bits per heavy atom. The summed E-state index contributed by atoms with van der Waals surface area (Å²) in [5.74, 6) is 0.776. The van der Waals surface area contributed by atoms with Crippen molar-refractivity contribution in [1.29, 1.82) is 0 Å². The second-order valence-electron chi connectivity index (χ2n) is 4.89. The van der Waals surface area contributed by atoms with E-state index in [1.54, 1.807) is 0 Å². The molecule has 18 heavy (non-hydrogen) atoms. The Morgan fingerprint density at radius 3 is 2.72 bits per heavy atom. The van der Waals surface area contributed by atoms with E-state index in [1.807, 2.05) is 12.1 Å². The van der Waals surface area contributed by atoms with E-state index >= 15 is 0 Å². The minimum atomic E-state index is 0. The van der Waals surface area contributed by atoms with Crippen molar-refractivity contribution in [2.75, 3.05) is 19.6 Å². The topological polar surface area (TPSA) is 24.1 Å². The van der Waals surface area contributed by atoms with E-state index in [1.165, 1.54) is 24.9 Å². The molecule has 0 amide bonds. The molecule has 0 bridgehead atoms. The molecular weight excluding hydrogens is 267 g/mol. The Labute approximate surface area is 121 Å². The van der Waals surface area contributed by atoms with Crippen molar-refractivity contribution in [1.82, 2.24) is 10.6 Å². The first-order valence-corrected chi connectivity index (χ1v) is 6.83. The van der Waals surface area contributed by atoms with Crippen LogP contribution in [0.1, 0.15) is 31.4 Å². The number of rotatable bonds is 4. The van der Waals surface area contributed by atoms with Crippen LogP contribution in [0.2, 0.25) is 5.02 Å². The molecule has 1 aliphatic rings. The van der Waals surface area contributed by atoms with Gasteiger partial charge in [0, 0.05) is 11.1 Å². The van der Waals surface area contributed by atoms with Gasteiger partial charge in [-0.25, -0.2) is 0 Å². The summed E-state index contributed by atoms with van der Waals surface area (Å²) in [6.07, 6.45) is 2.65. The third-order valence-corrected chi connectivity index (χ3v) is 3.73. The van der Waals surface area contributed by atoms with Gasteiger partial charge in [-0.05, 0) is 63.0 Å². The van der Waals surface area contributed by atoms with Crippen LogP contribution < -0.4 is 10.6 Å². The van der Waals surface area contributed by atoms with Crippen molar-refractivity contribution in [3.05, 3.63) is 34.9 Å². The molecule has 2 N–H and O–H groups in total. The SMILES string of the molecule is C[C@@H](NCC1CCCNC1)c1ccc(Cl)cc1.Cl. The van der Waals surface area contributed by atoms with Gasteiger partial charge in [0.05, 0.1) is 0 Å². The molecule has 1 saturated heterocycles. The molecule has 1 aliphatic heterocycles. The van der Waals surface area contributed by atoms with Crippen LogP contribution in [-0.2, 0) is 0 Å². The quantitative estimate of drug-likeness (QED) is 0.887. The highest BCUT2D eigenvalue weighted by Gasteiger charge is 2.14. The first-order valence-electron chi connectivity index (χ1n) is 6.45. The highest BCUT2D eigenvalue weighted by molar-refractivity contribution is 6.30. The largest absolute Gasteiger partial charge is 0.316 e. The third-order valence-electron chi connectivity index (χ3n) is 3.48. The van der Waals surface area contributed by atoms with Crippen LogP contribution in [0.3, 0.4) is 0 Å². The van der Waals surface area contributed by atoms with Crippen molar-refractivity contribution in [3.8, 4) is 0 Å². The minimum absolute atomic E-state index is 0. The zero-order chi connectivity index (χ0) is 12.1. The summed E-state index contributed by atoms with van der Waals surface area (Å²) < 4.78 is 0. The minimum Gasteiger partial charge on any atom is -0.316 e. The molecule has 2 nitrogen and oxygen atoms in total. The molecule has 2 rings (SSSR count). The number of benzene rings is 1. The fourth-order valence-corrected chi connectivity index (χ4v) is 2.44. The Balaban J connectivity index is 0.00000162. The predicted molar refractivity (Wildman–Crippen MR) is 80.7 cm³/mol. The van der Waals surface area contributed by atoms with E-state index < -0.39 is 0 Å². The van der Waals surface area contributed by atoms with Crippen molar-refractivity contribution in [2.24, 2.45) is 5.92 Å². The van der Waals surface area contributed by atoms with E-state index in [9.17, 15) is 0 Å². The van der Waals surface area contributed by atoms with Crippen LogP contribution in [0.5, 0.6) is 0 Å². The number of piperidine rings is 1. The van der Waals surface area contributed by atoms with E-state index in [2.05, 4.69) is 29.7 Å². The van der Waals surface area contributed by atoms with Gasteiger partial charge in [-0.3, -0.25) is 0 Å². The molecule has 1 aromatic rings. The molecule has 2 atom stereocenters. The van der Waals surface area contributed by atoms with E-state index in [0.717, 1.165) is 24.0 Å². The zero-order valence-electron chi connectivity index (χ0n) is 10.8. The van der Waals surface area contributed by atoms with Crippen LogP contribution in [0.4, 0.5) is 0 Å². The van der Waals surface area contributed by atoms with Crippen molar-refractivity contribution in [2.45, 2.75) is 25.8 Å². The average molecular weight is 289 g/mol. The molecule has 1 heterocycles. The number of nitrogens with one attached hydrogen (secondary N) is 2. The summed E-state index contributed by atoms with van der Waals surface area (Å²) in [5.41, 5.74) is 1.30. The van der Waals surface area contributed by atoms with Gasteiger partial charge in [0.15, 0.2) is 0 Å². The Morgan fingerprint density at radius 2 is 2.11 bits per heavy atom. The molecule has 0 radical (unpaired) electrons. The molecule has 1 aromatic carbocycles. The van der Waals surface area contributed by atoms with E-state index in [0.29, 0.717) is 6.04 Å².